The van der Waals surface area contributed by atoms with Gasteiger partial charge in [-0.2, -0.15) is 0 Å². The van der Waals surface area contributed by atoms with Crippen LogP contribution in [0.2, 0.25) is 0 Å². The van der Waals surface area contributed by atoms with Gasteiger partial charge in [-0.15, -0.1) is 0 Å². The van der Waals surface area contributed by atoms with Crippen LogP contribution in [-0.2, 0) is 9.53 Å². The average Bonchev–Trinajstić information content (AvgIpc) is 2.64. The zero-order chi connectivity index (χ0) is 14.6. The summed E-state index contributed by atoms with van der Waals surface area (Å²) in [4.78, 5) is 23.8. The van der Waals surface area contributed by atoms with Crippen LogP contribution in [0.15, 0.2) is 0 Å². The zero-order valence-corrected chi connectivity index (χ0v) is 12.0. The number of urea groups is 1. The first-order valence-electron chi connectivity index (χ1n) is 7.37. The number of hydrogen-bond acceptors (Lipinski definition) is 3. The Morgan fingerprint density at radius 1 is 1.05 bits per heavy atom. The summed E-state index contributed by atoms with van der Waals surface area (Å²) < 4.78 is 5.28. The quantitative estimate of drug-likeness (QED) is 0.688. The van der Waals surface area contributed by atoms with Gasteiger partial charge in [0.05, 0.1) is 12.1 Å². The molecule has 1 saturated carbocycles. The second-order valence-electron chi connectivity index (χ2n) is 6.24. The number of carbonyl (C=O) groups excluding carboxylic acids is 1. The number of hydrogen-bond donors (Lipinski definition) is 3. The minimum Gasteiger partial charge on any atom is -0.480 e. The molecule has 2 aliphatic rings. The predicted molar refractivity (Wildman–Crippen MR) is 73.6 cm³/mol. The molecule has 1 heterocycles. The number of carboxylic acid groups (broad SMARTS) is 1. The maximum absolute atomic E-state index is 12.2. The molecule has 1 atom stereocenters. The third-order valence-corrected chi connectivity index (χ3v) is 4.35. The predicted octanol–water partition coefficient (Wildman–Crippen LogP) is 1.64. The van der Waals surface area contributed by atoms with Crippen molar-refractivity contribution in [2.24, 2.45) is 0 Å². The maximum atomic E-state index is 12.2. The molecular formula is C14H24N2O4. The summed E-state index contributed by atoms with van der Waals surface area (Å²) >= 11 is 0. The number of amides is 2. The Balaban J connectivity index is 2.00. The van der Waals surface area contributed by atoms with E-state index in [4.69, 9.17) is 4.74 Å². The molecule has 1 unspecified atom stereocenters. The van der Waals surface area contributed by atoms with E-state index in [-0.39, 0.29) is 0 Å². The van der Waals surface area contributed by atoms with Crippen molar-refractivity contribution in [3.8, 4) is 0 Å². The second kappa shape index (κ2) is 5.99. The van der Waals surface area contributed by atoms with Gasteiger partial charge in [0.2, 0.25) is 0 Å². The van der Waals surface area contributed by atoms with Crippen molar-refractivity contribution in [3.05, 3.63) is 0 Å². The van der Waals surface area contributed by atoms with Gasteiger partial charge in [-0.3, -0.25) is 0 Å². The Morgan fingerprint density at radius 3 is 2.20 bits per heavy atom. The molecule has 2 rings (SSSR count). The minimum absolute atomic E-state index is 0.394. The van der Waals surface area contributed by atoms with E-state index >= 15 is 0 Å². The average molecular weight is 284 g/mol. The molecule has 2 amide bonds. The molecule has 0 radical (unpaired) electrons. The number of carbonyl (C=O) groups is 2. The van der Waals surface area contributed by atoms with Gasteiger partial charge in [-0.05, 0) is 26.2 Å². The first kappa shape index (κ1) is 15.1. The second-order valence-corrected chi connectivity index (χ2v) is 6.24. The van der Waals surface area contributed by atoms with Gasteiger partial charge in [-0.25, -0.2) is 9.59 Å². The van der Waals surface area contributed by atoms with E-state index in [1.54, 1.807) is 0 Å². The Kier molecular flexibility index (Phi) is 4.52. The van der Waals surface area contributed by atoms with Gasteiger partial charge < -0.3 is 20.5 Å². The Labute approximate surface area is 119 Å². The highest BCUT2D eigenvalue weighted by molar-refractivity contribution is 5.86. The van der Waals surface area contributed by atoms with Gasteiger partial charge in [0.25, 0.3) is 0 Å². The van der Waals surface area contributed by atoms with Crippen molar-refractivity contribution >= 4 is 12.0 Å². The summed E-state index contributed by atoms with van der Waals surface area (Å²) in [6.07, 6.45) is 5.50. The van der Waals surface area contributed by atoms with E-state index in [1.807, 2.05) is 6.92 Å². The summed E-state index contributed by atoms with van der Waals surface area (Å²) in [5, 5.41) is 15.1. The van der Waals surface area contributed by atoms with Gasteiger partial charge in [0, 0.05) is 6.61 Å². The van der Waals surface area contributed by atoms with Gasteiger partial charge in [-0.1, -0.05) is 25.7 Å². The molecule has 1 saturated heterocycles. The monoisotopic (exact) mass is 284 g/mol. The molecule has 114 valence electrons. The SMILES string of the molecule is CC1(NC(=O)NC2(C(=O)O)CCCCCC2)CCOC1. The number of nitrogens with one attached hydrogen (secondary N) is 2. The van der Waals surface area contributed by atoms with E-state index in [0.29, 0.717) is 26.1 Å². The van der Waals surface area contributed by atoms with Crippen LogP contribution < -0.4 is 10.6 Å². The zero-order valence-electron chi connectivity index (χ0n) is 12.0. The van der Waals surface area contributed by atoms with E-state index < -0.39 is 23.1 Å². The van der Waals surface area contributed by atoms with Crippen molar-refractivity contribution in [1.82, 2.24) is 10.6 Å². The molecule has 0 spiro atoms. The summed E-state index contributed by atoms with van der Waals surface area (Å²) in [6.45, 7) is 3.02. The minimum atomic E-state index is -1.11. The highest BCUT2D eigenvalue weighted by atomic mass is 16.5. The van der Waals surface area contributed by atoms with Gasteiger partial charge >= 0.3 is 12.0 Å². The van der Waals surface area contributed by atoms with Crippen LogP contribution >= 0.6 is 0 Å². The van der Waals surface area contributed by atoms with Crippen LogP contribution in [0.5, 0.6) is 0 Å². The molecule has 1 aliphatic heterocycles. The summed E-state index contributed by atoms with van der Waals surface area (Å²) in [5.74, 6) is -0.928. The van der Waals surface area contributed by atoms with Crippen molar-refractivity contribution < 1.29 is 19.4 Å². The van der Waals surface area contributed by atoms with E-state index in [2.05, 4.69) is 10.6 Å². The molecule has 2 fully saturated rings. The van der Waals surface area contributed by atoms with Crippen LogP contribution in [0, 0.1) is 0 Å². The summed E-state index contributed by atoms with van der Waals surface area (Å²) in [7, 11) is 0. The van der Waals surface area contributed by atoms with E-state index in [9.17, 15) is 14.7 Å². The lowest BCUT2D eigenvalue weighted by Gasteiger charge is -2.32. The number of ether oxygens (including phenoxy) is 1. The smallest absolute Gasteiger partial charge is 0.329 e. The molecule has 6 nitrogen and oxygen atoms in total. The lowest BCUT2D eigenvalue weighted by Crippen LogP contribution is -2.60. The Hall–Kier alpha value is -1.30. The van der Waals surface area contributed by atoms with Gasteiger partial charge in [0.15, 0.2) is 0 Å². The molecule has 1 aliphatic carbocycles. The normalized spacial score (nSPS) is 29.4. The van der Waals surface area contributed by atoms with Crippen LogP contribution in [0.25, 0.3) is 0 Å². The third kappa shape index (κ3) is 3.42. The first-order valence-corrected chi connectivity index (χ1v) is 7.37. The van der Waals surface area contributed by atoms with Crippen molar-refractivity contribution in [2.75, 3.05) is 13.2 Å². The molecule has 6 heteroatoms. The Morgan fingerprint density at radius 2 is 1.70 bits per heavy atom. The van der Waals surface area contributed by atoms with Gasteiger partial charge in [0.1, 0.15) is 5.54 Å². The van der Waals surface area contributed by atoms with Crippen molar-refractivity contribution in [1.29, 1.82) is 0 Å². The standard InChI is InChI=1S/C14H24N2O4/c1-13(8-9-20-10-13)15-12(19)16-14(11(17)18)6-4-2-3-5-7-14/h2-10H2,1H3,(H,17,18)(H2,15,16,19). The van der Waals surface area contributed by atoms with Crippen LogP contribution in [-0.4, -0.2) is 41.4 Å². The Bertz CT molecular complexity index is 369. The van der Waals surface area contributed by atoms with Crippen molar-refractivity contribution in [3.63, 3.8) is 0 Å². The highest BCUT2D eigenvalue weighted by Crippen LogP contribution is 2.27. The van der Waals surface area contributed by atoms with Crippen molar-refractivity contribution in [2.45, 2.75) is 62.9 Å². The fourth-order valence-corrected chi connectivity index (χ4v) is 3.01. The summed E-state index contributed by atoms with van der Waals surface area (Å²) in [5.41, 5.74) is -1.51. The largest absolute Gasteiger partial charge is 0.480 e. The molecule has 0 aromatic heterocycles. The van der Waals surface area contributed by atoms with Crippen LogP contribution in [0.3, 0.4) is 0 Å². The number of carboxylic acids is 1. The third-order valence-electron chi connectivity index (χ3n) is 4.35. The molecule has 0 aromatic rings. The van der Waals surface area contributed by atoms with Crippen LogP contribution in [0.4, 0.5) is 4.79 Å². The fraction of sp³-hybridized carbons (Fsp3) is 0.857. The first-order chi connectivity index (χ1) is 9.46. The summed E-state index contributed by atoms with van der Waals surface area (Å²) in [6, 6.07) is -0.401. The topological polar surface area (TPSA) is 87.7 Å². The molecule has 3 N–H and O–H groups in total. The molecule has 0 aromatic carbocycles. The van der Waals surface area contributed by atoms with Crippen LogP contribution in [0.1, 0.15) is 51.9 Å². The lowest BCUT2D eigenvalue weighted by atomic mass is 9.90. The lowest BCUT2D eigenvalue weighted by molar-refractivity contribution is -0.145. The molecule has 20 heavy (non-hydrogen) atoms. The fourth-order valence-electron chi connectivity index (χ4n) is 3.01. The highest BCUT2D eigenvalue weighted by Gasteiger charge is 2.41. The number of rotatable bonds is 3. The maximum Gasteiger partial charge on any atom is 0.329 e. The van der Waals surface area contributed by atoms with E-state index in [1.165, 1.54) is 0 Å². The number of aliphatic carboxylic acids is 1. The molecular weight excluding hydrogens is 260 g/mol. The molecule has 0 bridgehead atoms. The van der Waals surface area contributed by atoms with E-state index in [0.717, 1.165) is 32.1 Å².